The zero-order valence-electron chi connectivity index (χ0n) is 19.5. The molecule has 1 aliphatic heterocycles. The molecular formula is C26H28Cl2N2O4. The fourth-order valence-corrected chi connectivity index (χ4v) is 4.98. The molecule has 3 aromatic rings. The molecule has 0 aliphatic carbocycles. The Hall–Kier alpha value is -2.54. The van der Waals surface area contributed by atoms with Gasteiger partial charge in [0.2, 0.25) is 0 Å². The summed E-state index contributed by atoms with van der Waals surface area (Å²) < 4.78 is 12.0. The van der Waals surface area contributed by atoms with Crippen LogP contribution in [0.3, 0.4) is 0 Å². The van der Waals surface area contributed by atoms with Gasteiger partial charge in [-0.05, 0) is 55.7 Å². The molecule has 1 aromatic heterocycles. The van der Waals surface area contributed by atoms with Gasteiger partial charge >= 0.3 is 5.97 Å². The van der Waals surface area contributed by atoms with Crippen LogP contribution >= 0.6 is 23.2 Å². The van der Waals surface area contributed by atoms with E-state index in [2.05, 4.69) is 23.9 Å². The van der Waals surface area contributed by atoms with Crippen LogP contribution in [-0.4, -0.2) is 35.4 Å². The molecule has 0 unspecified atom stereocenters. The molecule has 180 valence electrons. The van der Waals surface area contributed by atoms with Gasteiger partial charge in [0, 0.05) is 35.8 Å². The van der Waals surface area contributed by atoms with Gasteiger partial charge in [-0.15, -0.1) is 0 Å². The van der Waals surface area contributed by atoms with Gasteiger partial charge < -0.3 is 19.3 Å². The molecule has 0 amide bonds. The largest absolute Gasteiger partial charge is 0.478 e. The van der Waals surface area contributed by atoms with Crippen LogP contribution in [0.5, 0.6) is 0 Å². The normalized spacial score (nSPS) is 14.7. The summed E-state index contributed by atoms with van der Waals surface area (Å²) in [5, 5.41) is 14.6. The summed E-state index contributed by atoms with van der Waals surface area (Å²) in [4.78, 5) is 13.6. The van der Waals surface area contributed by atoms with Crippen LogP contribution in [0.2, 0.25) is 10.0 Å². The van der Waals surface area contributed by atoms with E-state index in [1.807, 2.05) is 19.1 Å². The molecule has 1 saturated heterocycles. The Kier molecular flexibility index (Phi) is 7.51. The smallest absolute Gasteiger partial charge is 0.335 e. The van der Waals surface area contributed by atoms with Crippen LogP contribution in [-0.2, 0) is 11.3 Å². The molecule has 1 N–H and O–H groups in total. The summed E-state index contributed by atoms with van der Waals surface area (Å²) in [7, 11) is 0. The van der Waals surface area contributed by atoms with Gasteiger partial charge in [0.25, 0.3) is 0 Å². The lowest BCUT2D eigenvalue weighted by Crippen LogP contribution is -2.37. The van der Waals surface area contributed by atoms with E-state index < -0.39 is 5.97 Å². The van der Waals surface area contributed by atoms with Crippen LogP contribution < -0.4 is 4.90 Å². The molecule has 4 rings (SSSR count). The quantitative estimate of drug-likeness (QED) is 0.376. The lowest BCUT2D eigenvalue weighted by Gasteiger charge is -2.34. The Morgan fingerprint density at radius 3 is 2.47 bits per heavy atom. The molecule has 1 aliphatic rings. The fourth-order valence-electron chi connectivity index (χ4n) is 4.40. The van der Waals surface area contributed by atoms with E-state index in [9.17, 15) is 9.90 Å². The van der Waals surface area contributed by atoms with E-state index in [1.165, 1.54) is 0 Å². The van der Waals surface area contributed by atoms with Crippen molar-refractivity contribution in [1.82, 2.24) is 5.16 Å². The molecule has 0 spiro atoms. The van der Waals surface area contributed by atoms with Crippen molar-refractivity contribution in [2.75, 3.05) is 18.0 Å². The molecule has 34 heavy (non-hydrogen) atoms. The number of carboxylic acid groups (broad SMARTS) is 1. The maximum absolute atomic E-state index is 11.3. The number of halogens is 2. The minimum absolute atomic E-state index is 0.0973. The summed E-state index contributed by atoms with van der Waals surface area (Å²) >= 11 is 12.9. The number of aromatic nitrogens is 1. The average Bonchev–Trinajstić information content (AvgIpc) is 3.21. The number of aromatic carboxylic acids is 1. The zero-order chi connectivity index (χ0) is 24.4. The monoisotopic (exact) mass is 502 g/mol. The molecule has 0 saturated carbocycles. The first-order chi connectivity index (χ1) is 16.3. The van der Waals surface area contributed by atoms with E-state index in [-0.39, 0.29) is 12.0 Å². The minimum Gasteiger partial charge on any atom is -0.478 e. The van der Waals surface area contributed by atoms with E-state index >= 15 is 0 Å². The summed E-state index contributed by atoms with van der Waals surface area (Å²) in [6.45, 7) is 7.97. The highest BCUT2D eigenvalue weighted by Gasteiger charge is 2.26. The van der Waals surface area contributed by atoms with E-state index in [0.29, 0.717) is 33.5 Å². The van der Waals surface area contributed by atoms with Crippen molar-refractivity contribution >= 4 is 34.9 Å². The van der Waals surface area contributed by atoms with Crippen LogP contribution in [0.25, 0.3) is 11.3 Å². The van der Waals surface area contributed by atoms with Crippen LogP contribution in [0.15, 0.2) is 40.9 Å². The highest BCUT2D eigenvalue weighted by atomic mass is 35.5. The topological polar surface area (TPSA) is 75.8 Å². The Morgan fingerprint density at radius 1 is 1.21 bits per heavy atom. The van der Waals surface area contributed by atoms with Crippen LogP contribution in [0, 0.1) is 6.92 Å². The lowest BCUT2D eigenvalue weighted by atomic mass is 10.0. The minimum atomic E-state index is -0.900. The predicted molar refractivity (Wildman–Crippen MR) is 134 cm³/mol. The molecule has 0 bridgehead atoms. The van der Waals surface area contributed by atoms with Gasteiger partial charge in [0.1, 0.15) is 11.5 Å². The third-order valence-electron chi connectivity index (χ3n) is 6.25. The highest BCUT2D eigenvalue weighted by molar-refractivity contribution is 6.39. The number of carbonyl (C=O) groups is 1. The van der Waals surface area contributed by atoms with Crippen molar-refractivity contribution in [2.24, 2.45) is 0 Å². The fraction of sp³-hybridized carbons (Fsp3) is 0.385. The maximum Gasteiger partial charge on any atom is 0.335 e. The molecule has 8 heteroatoms. The van der Waals surface area contributed by atoms with Gasteiger partial charge in [-0.3, -0.25) is 0 Å². The van der Waals surface area contributed by atoms with E-state index in [0.717, 1.165) is 48.5 Å². The number of nitrogens with zero attached hydrogens (tertiary/aromatic N) is 2. The van der Waals surface area contributed by atoms with Gasteiger partial charge in [-0.2, -0.15) is 0 Å². The number of rotatable bonds is 7. The van der Waals surface area contributed by atoms with Gasteiger partial charge in [0.05, 0.1) is 28.3 Å². The Bertz CT molecular complexity index is 1160. The molecular weight excluding hydrogens is 475 g/mol. The van der Waals surface area contributed by atoms with Crippen LogP contribution in [0.4, 0.5) is 5.69 Å². The number of hydrogen-bond donors (Lipinski definition) is 1. The second-order valence-corrected chi connectivity index (χ2v) is 9.74. The number of hydrogen-bond acceptors (Lipinski definition) is 5. The first-order valence-electron chi connectivity index (χ1n) is 11.4. The Morgan fingerprint density at radius 2 is 1.88 bits per heavy atom. The first-order valence-corrected chi connectivity index (χ1v) is 12.1. The second-order valence-electron chi connectivity index (χ2n) is 8.93. The first kappa shape index (κ1) is 24.6. The number of piperidine rings is 1. The van der Waals surface area contributed by atoms with E-state index in [1.54, 1.807) is 24.3 Å². The van der Waals surface area contributed by atoms with Gasteiger partial charge in [0.15, 0.2) is 0 Å². The summed E-state index contributed by atoms with van der Waals surface area (Å²) in [6.07, 6.45) is 1.83. The number of carboxylic acids is 1. The second kappa shape index (κ2) is 10.4. The maximum atomic E-state index is 11.3. The van der Waals surface area contributed by atoms with Crippen molar-refractivity contribution in [3.63, 3.8) is 0 Å². The molecule has 2 aromatic carbocycles. The number of ether oxygens (including phenoxy) is 1. The SMILES string of the molecule is Cc1cc(N2CCC(OCc3c(-c4c(Cl)cccc4Cl)noc3C(C)C)CC2)ccc1C(=O)O. The average molecular weight is 503 g/mol. The molecule has 6 nitrogen and oxygen atoms in total. The van der Waals surface area contributed by atoms with E-state index in [4.69, 9.17) is 32.5 Å². The Labute approximate surface area is 209 Å². The molecule has 1 fully saturated rings. The van der Waals surface area contributed by atoms with Crippen molar-refractivity contribution in [2.45, 2.75) is 52.2 Å². The molecule has 0 radical (unpaired) electrons. The van der Waals surface area contributed by atoms with Gasteiger partial charge in [-0.1, -0.05) is 48.3 Å². The molecule has 2 heterocycles. The van der Waals surface area contributed by atoms with Crippen molar-refractivity contribution in [1.29, 1.82) is 0 Å². The summed E-state index contributed by atoms with van der Waals surface area (Å²) in [6, 6.07) is 10.9. The number of benzene rings is 2. The third kappa shape index (κ3) is 5.09. The lowest BCUT2D eigenvalue weighted by molar-refractivity contribution is 0.0245. The van der Waals surface area contributed by atoms with Crippen LogP contribution in [0.1, 0.15) is 59.9 Å². The predicted octanol–water partition coefficient (Wildman–Crippen LogP) is 6.96. The third-order valence-corrected chi connectivity index (χ3v) is 6.88. The standard InChI is InChI=1S/C26H28Cl2N2O4/c1-15(2)25-20(24(29-34-25)23-21(27)5-4-6-22(23)28)14-33-18-9-11-30(12-10-18)17-7-8-19(26(31)32)16(3)13-17/h4-8,13,15,18H,9-12,14H2,1-3H3,(H,31,32). The summed E-state index contributed by atoms with van der Waals surface area (Å²) in [5.74, 6) is 0.0144. The van der Waals surface area contributed by atoms with Gasteiger partial charge in [-0.25, -0.2) is 4.79 Å². The highest BCUT2D eigenvalue weighted by Crippen LogP contribution is 2.39. The summed E-state index contributed by atoms with van der Waals surface area (Å²) in [5.41, 5.74) is 4.32. The molecule has 0 atom stereocenters. The number of anilines is 1. The van der Waals surface area contributed by atoms with Crippen molar-refractivity contribution in [3.8, 4) is 11.3 Å². The number of aryl methyl sites for hydroxylation is 1. The zero-order valence-corrected chi connectivity index (χ0v) is 21.0. The van der Waals surface area contributed by atoms with Crippen molar-refractivity contribution < 1.29 is 19.2 Å². The van der Waals surface area contributed by atoms with Crippen molar-refractivity contribution in [3.05, 3.63) is 68.9 Å². The Balaban J connectivity index is 1.45.